The van der Waals surface area contributed by atoms with Gasteiger partial charge in [0.2, 0.25) is 0 Å². The summed E-state index contributed by atoms with van der Waals surface area (Å²) in [5, 5.41) is 9.91. The van der Waals surface area contributed by atoms with Crippen molar-refractivity contribution < 1.29 is 9.90 Å². The molecular weight excluding hydrogens is 252 g/mol. The van der Waals surface area contributed by atoms with Crippen molar-refractivity contribution in [2.45, 2.75) is 44.8 Å². The van der Waals surface area contributed by atoms with Gasteiger partial charge in [-0.15, -0.1) is 0 Å². The summed E-state index contributed by atoms with van der Waals surface area (Å²) in [6.45, 7) is 3.27. The fourth-order valence-corrected chi connectivity index (χ4v) is 2.90. The molecule has 1 atom stereocenters. The second kappa shape index (κ2) is 5.09. The molecule has 1 saturated carbocycles. The molecule has 4 nitrogen and oxygen atoms in total. The minimum absolute atomic E-state index is 0.233. The van der Waals surface area contributed by atoms with E-state index in [0.29, 0.717) is 6.04 Å². The molecule has 0 bridgehead atoms. The molecule has 20 heavy (non-hydrogen) atoms. The Labute approximate surface area is 120 Å². The van der Waals surface area contributed by atoms with E-state index in [0.717, 1.165) is 17.8 Å². The van der Waals surface area contributed by atoms with Crippen LogP contribution in [0.1, 0.15) is 44.3 Å². The standard InChI is InChI=1S/C16H22N2O2/c1-3-4-9-18(11-5-6-11)12-7-8-13-14(10-12)17(2)16(20)15(13)19/h7-8,10-11,15,19H,3-6,9H2,1-2H3. The first-order valence-corrected chi connectivity index (χ1v) is 7.49. The summed E-state index contributed by atoms with van der Waals surface area (Å²) in [5.74, 6) is -0.233. The fraction of sp³-hybridized carbons (Fsp3) is 0.562. The number of hydrogen-bond acceptors (Lipinski definition) is 3. The predicted octanol–water partition coefficient (Wildman–Crippen LogP) is 2.47. The Kier molecular flexibility index (Phi) is 3.42. The van der Waals surface area contributed by atoms with Gasteiger partial charge in [0, 0.05) is 30.9 Å². The number of rotatable bonds is 5. The normalized spacial score (nSPS) is 21.2. The van der Waals surface area contributed by atoms with Crippen molar-refractivity contribution in [1.29, 1.82) is 0 Å². The van der Waals surface area contributed by atoms with Crippen LogP contribution in [0.15, 0.2) is 18.2 Å². The Morgan fingerprint density at radius 2 is 2.15 bits per heavy atom. The number of unbranched alkanes of at least 4 members (excludes halogenated alkanes) is 1. The highest BCUT2D eigenvalue weighted by Gasteiger charge is 2.35. The van der Waals surface area contributed by atoms with Gasteiger partial charge in [-0.25, -0.2) is 0 Å². The van der Waals surface area contributed by atoms with Gasteiger partial charge in [-0.3, -0.25) is 4.79 Å². The molecule has 4 heteroatoms. The van der Waals surface area contributed by atoms with Gasteiger partial charge in [-0.2, -0.15) is 0 Å². The van der Waals surface area contributed by atoms with E-state index in [-0.39, 0.29) is 5.91 Å². The number of fused-ring (bicyclic) bond motifs is 1. The molecule has 1 aliphatic heterocycles. The average molecular weight is 274 g/mol. The number of nitrogens with zero attached hydrogens (tertiary/aromatic N) is 2. The topological polar surface area (TPSA) is 43.8 Å². The maximum Gasteiger partial charge on any atom is 0.260 e. The molecular formula is C16H22N2O2. The quantitative estimate of drug-likeness (QED) is 0.897. The molecule has 1 aromatic carbocycles. The number of benzene rings is 1. The molecule has 1 aromatic rings. The summed E-state index contributed by atoms with van der Waals surface area (Å²) in [7, 11) is 1.73. The number of hydrogen-bond donors (Lipinski definition) is 1. The maximum absolute atomic E-state index is 11.8. The van der Waals surface area contributed by atoms with Crippen molar-refractivity contribution in [3.8, 4) is 0 Å². The highest BCUT2D eigenvalue weighted by atomic mass is 16.3. The number of likely N-dealkylation sites (N-methyl/N-ethyl adjacent to an activating group) is 1. The fourth-order valence-electron chi connectivity index (χ4n) is 2.90. The van der Waals surface area contributed by atoms with E-state index in [1.165, 1.54) is 31.4 Å². The molecule has 0 saturated heterocycles. The van der Waals surface area contributed by atoms with Gasteiger partial charge < -0.3 is 14.9 Å². The Morgan fingerprint density at radius 1 is 1.40 bits per heavy atom. The maximum atomic E-state index is 11.8. The second-order valence-corrected chi connectivity index (χ2v) is 5.82. The van der Waals surface area contributed by atoms with E-state index in [1.807, 2.05) is 12.1 Å². The van der Waals surface area contributed by atoms with Crippen LogP contribution >= 0.6 is 0 Å². The molecule has 1 fully saturated rings. The van der Waals surface area contributed by atoms with Crippen LogP contribution in [0.2, 0.25) is 0 Å². The zero-order chi connectivity index (χ0) is 14.3. The zero-order valence-electron chi connectivity index (χ0n) is 12.2. The Bertz CT molecular complexity index is 525. The van der Waals surface area contributed by atoms with Crippen LogP contribution < -0.4 is 9.80 Å². The molecule has 0 aromatic heterocycles. The van der Waals surface area contributed by atoms with Gasteiger partial charge >= 0.3 is 0 Å². The molecule has 0 spiro atoms. The van der Waals surface area contributed by atoms with E-state index in [2.05, 4.69) is 17.9 Å². The van der Waals surface area contributed by atoms with Gasteiger partial charge in [0.25, 0.3) is 5.91 Å². The lowest BCUT2D eigenvalue weighted by atomic mass is 10.1. The van der Waals surface area contributed by atoms with E-state index in [9.17, 15) is 9.90 Å². The number of amides is 1. The summed E-state index contributed by atoms with van der Waals surface area (Å²) in [4.78, 5) is 15.8. The minimum Gasteiger partial charge on any atom is -0.378 e. The van der Waals surface area contributed by atoms with Crippen molar-refractivity contribution in [1.82, 2.24) is 0 Å². The highest BCUT2D eigenvalue weighted by molar-refractivity contribution is 6.03. The van der Waals surface area contributed by atoms with E-state index in [4.69, 9.17) is 0 Å². The lowest BCUT2D eigenvalue weighted by Gasteiger charge is -2.25. The van der Waals surface area contributed by atoms with Gasteiger partial charge in [-0.05, 0) is 31.4 Å². The summed E-state index contributed by atoms with van der Waals surface area (Å²) in [6.07, 6.45) is 3.90. The third kappa shape index (κ3) is 2.18. The minimum atomic E-state index is -0.992. The third-order valence-electron chi connectivity index (χ3n) is 4.31. The van der Waals surface area contributed by atoms with Crippen molar-refractivity contribution >= 4 is 17.3 Å². The van der Waals surface area contributed by atoms with E-state index >= 15 is 0 Å². The van der Waals surface area contributed by atoms with E-state index < -0.39 is 6.10 Å². The van der Waals surface area contributed by atoms with Crippen LogP contribution in [0, 0.1) is 0 Å². The number of carbonyl (C=O) groups is 1. The molecule has 108 valence electrons. The first-order chi connectivity index (χ1) is 9.63. The lowest BCUT2D eigenvalue weighted by Crippen LogP contribution is -2.27. The molecule has 0 radical (unpaired) electrons. The summed E-state index contributed by atoms with van der Waals surface area (Å²) in [6, 6.07) is 6.66. The number of aliphatic hydroxyl groups excluding tert-OH is 1. The van der Waals surface area contributed by atoms with Crippen molar-refractivity contribution in [3.05, 3.63) is 23.8 Å². The van der Waals surface area contributed by atoms with Crippen LogP contribution in [0.4, 0.5) is 11.4 Å². The zero-order valence-corrected chi connectivity index (χ0v) is 12.2. The molecule has 1 amide bonds. The van der Waals surface area contributed by atoms with Crippen LogP contribution in [0.5, 0.6) is 0 Å². The molecule has 1 heterocycles. The van der Waals surface area contributed by atoms with Gasteiger partial charge in [0.05, 0.1) is 5.69 Å². The molecule has 1 unspecified atom stereocenters. The second-order valence-electron chi connectivity index (χ2n) is 5.82. The van der Waals surface area contributed by atoms with E-state index in [1.54, 1.807) is 11.9 Å². The Balaban J connectivity index is 1.90. The largest absolute Gasteiger partial charge is 0.378 e. The monoisotopic (exact) mass is 274 g/mol. The SMILES string of the molecule is CCCCN(c1ccc2c(c1)N(C)C(=O)C2O)C1CC1. The number of anilines is 2. The van der Waals surface area contributed by atoms with Gasteiger partial charge in [0.15, 0.2) is 6.10 Å². The van der Waals surface area contributed by atoms with Crippen LogP contribution in [-0.2, 0) is 4.79 Å². The highest BCUT2D eigenvalue weighted by Crippen LogP contribution is 2.40. The summed E-state index contributed by atoms with van der Waals surface area (Å²) < 4.78 is 0. The molecule has 3 rings (SSSR count). The van der Waals surface area contributed by atoms with Crippen LogP contribution in [-0.4, -0.2) is 30.6 Å². The molecule has 1 aliphatic carbocycles. The van der Waals surface area contributed by atoms with Crippen LogP contribution in [0.3, 0.4) is 0 Å². The Morgan fingerprint density at radius 3 is 2.80 bits per heavy atom. The smallest absolute Gasteiger partial charge is 0.260 e. The molecule has 1 N–H and O–H groups in total. The first kappa shape index (κ1) is 13.4. The van der Waals surface area contributed by atoms with Crippen molar-refractivity contribution in [2.75, 3.05) is 23.4 Å². The third-order valence-corrected chi connectivity index (χ3v) is 4.31. The summed E-state index contributed by atoms with van der Waals surface area (Å²) >= 11 is 0. The van der Waals surface area contributed by atoms with Gasteiger partial charge in [-0.1, -0.05) is 19.4 Å². The summed E-state index contributed by atoms with van der Waals surface area (Å²) in [5.41, 5.74) is 2.75. The predicted molar refractivity (Wildman–Crippen MR) is 80.1 cm³/mol. The average Bonchev–Trinajstić information content (AvgIpc) is 3.27. The van der Waals surface area contributed by atoms with Crippen LogP contribution in [0.25, 0.3) is 0 Å². The van der Waals surface area contributed by atoms with Crippen molar-refractivity contribution in [2.24, 2.45) is 0 Å². The van der Waals surface area contributed by atoms with Gasteiger partial charge in [0.1, 0.15) is 0 Å². The first-order valence-electron chi connectivity index (χ1n) is 7.49. The number of carbonyl (C=O) groups excluding carboxylic acids is 1. The molecule has 2 aliphatic rings. The Hall–Kier alpha value is -1.55. The lowest BCUT2D eigenvalue weighted by molar-refractivity contribution is -0.125. The number of aliphatic hydroxyl groups is 1. The van der Waals surface area contributed by atoms with Crippen molar-refractivity contribution in [3.63, 3.8) is 0 Å².